The number of aromatic nitrogens is 3. The lowest BCUT2D eigenvalue weighted by Crippen LogP contribution is -2.04. The number of halogens is 1. The van der Waals surface area contributed by atoms with E-state index < -0.39 is 5.97 Å². The average molecular weight is 415 g/mol. The SMILES string of the molecule is CCOC(=O)c1coc(-c2coc(-c3coc(CI)n3)n2)n1. The van der Waals surface area contributed by atoms with Gasteiger partial charge in [0.1, 0.15) is 18.8 Å². The van der Waals surface area contributed by atoms with Crippen molar-refractivity contribution in [2.24, 2.45) is 0 Å². The van der Waals surface area contributed by atoms with Crippen LogP contribution >= 0.6 is 22.6 Å². The van der Waals surface area contributed by atoms with Gasteiger partial charge in [-0.3, -0.25) is 0 Å². The summed E-state index contributed by atoms with van der Waals surface area (Å²) >= 11 is 2.14. The zero-order valence-electron chi connectivity index (χ0n) is 11.4. The molecule has 0 aliphatic heterocycles. The normalized spacial score (nSPS) is 10.8. The number of alkyl halides is 1. The lowest BCUT2D eigenvalue weighted by molar-refractivity contribution is 0.0519. The number of nitrogens with zero attached hydrogens (tertiary/aromatic N) is 3. The summed E-state index contributed by atoms with van der Waals surface area (Å²) in [5.74, 6) is 0.474. The number of esters is 1. The van der Waals surface area contributed by atoms with Crippen LogP contribution in [-0.4, -0.2) is 27.5 Å². The summed E-state index contributed by atoms with van der Waals surface area (Å²) in [6.45, 7) is 1.98. The Bertz CT molecular complexity index is 791. The lowest BCUT2D eigenvalue weighted by Gasteiger charge is -1.94. The number of hydrogen-bond acceptors (Lipinski definition) is 8. The molecule has 0 unspecified atom stereocenters. The minimum absolute atomic E-state index is 0.0787. The first-order chi connectivity index (χ1) is 10.7. The molecule has 9 heteroatoms. The largest absolute Gasteiger partial charge is 0.461 e. The smallest absolute Gasteiger partial charge is 0.360 e. The van der Waals surface area contributed by atoms with E-state index in [-0.39, 0.29) is 24.1 Å². The van der Waals surface area contributed by atoms with Crippen LogP contribution < -0.4 is 0 Å². The van der Waals surface area contributed by atoms with Crippen molar-refractivity contribution in [2.75, 3.05) is 6.61 Å². The molecule has 114 valence electrons. The van der Waals surface area contributed by atoms with E-state index in [1.165, 1.54) is 18.8 Å². The zero-order chi connectivity index (χ0) is 15.5. The Morgan fingerprint density at radius 2 is 1.77 bits per heavy atom. The van der Waals surface area contributed by atoms with Gasteiger partial charge in [0.15, 0.2) is 17.1 Å². The number of hydrogen-bond donors (Lipinski definition) is 0. The summed E-state index contributed by atoms with van der Waals surface area (Å²) in [7, 11) is 0. The van der Waals surface area contributed by atoms with Gasteiger partial charge < -0.3 is 18.0 Å². The molecule has 0 aromatic carbocycles. The van der Waals surface area contributed by atoms with Crippen LogP contribution in [0.1, 0.15) is 23.3 Å². The maximum atomic E-state index is 11.5. The van der Waals surface area contributed by atoms with E-state index in [4.69, 9.17) is 18.0 Å². The van der Waals surface area contributed by atoms with Crippen LogP contribution in [0.15, 0.2) is 32.0 Å². The molecule has 0 spiro atoms. The van der Waals surface area contributed by atoms with Crippen LogP contribution in [0.3, 0.4) is 0 Å². The summed E-state index contributed by atoms with van der Waals surface area (Å²) in [6.07, 6.45) is 4.05. The second kappa shape index (κ2) is 6.30. The number of oxazole rings is 3. The highest BCUT2D eigenvalue weighted by atomic mass is 127. The van der Waals surface area contributed by atoms with Crippen molar-refractivity contribution in [3.63, 3.8) is 0 Å². The number of carbonyl (C=O) groups is 1. The van der Waals surface area contributed by atoms with Crippen LogP contribution in [-0.2, 0) is 9.16 Å². The minimum atomic E-state index is -0.551. The molecule has 0 saturated carbocycles. The van der Waals surface area contributed by atoms with Crippen molar-refractivity contribution in [1.82, 2.24) is 15.0 Å². The van der Waals surface area contributed by atoms with Gasteiger partial charge in [0.25, 0.3) is 0 Å². The van der Waals surface area contributed by atoms with Crippen LogP contribution in [0.2, 0.25) is 0 Å². The number of carbonyl (C=O) groups excluding carboxylic acids is 1. The van der Waals surface area contributed by atoms with Crippen molar-refractivity contribution in [1.29, 1.82) is 0 Å². The maximum Gasteiger partial charge on any atom is 0.360 e. The van der Waals surface area contributed by atoms with Crippen molar-refractivity contribution in [3.8, 4) is 23.2 Å². The zero-order valence-corrected chi connectivity index (χ0v) is 13.6. The molecule has 3 aromatic heterocycles. The molecule has 8 nitrogen and oxygen atoms in total. The van der Waals surface area contributed by atoms with Crippen LogP contribution in [0.25, 0.3) is 23.2 Å². The lowest BCUT2D eigenvalue weighted by atomic mass is 10.4. The Labute approximate surface area is 138 Å². The molecule has 3 aromatic rings. The molecule has 3 rings (SSSR count). The van der Waals surface area contributed by atoms with E-state index in [2.05, 4.69) is 37.5 Å². The predicted molar refractivity (Wildman–Crippen MR) is 81.2 cm³/mol. The van der Waals surface area contributed by atoms with E-state index in [1.54, 1.807) is 6.92 Å². The van der Waals surface area contributed by atoms with Crippen molar-refractivity contribution >= 4 is 28.6 Å². The Morgan fingerprint density at radius 3 is 2.50 bits per heavy atom. The third-order valence-electron chi connectivity index (χ3n) is 2.60. The van der Waals surface area contributed by atoms with E-state index in [0.29, 0.717) is 21.7 Å². The monoisotopic (exact) mass is 415 g/mol. The maximum absolute atomic E-state index is 11.5. The Balaban J connectivity index is 1.83. The van der Waals surface area contributed by atoms with E-state index in [1.807, 2.05) is 0 Å². The Kier molecular flexibility index (Phi) is 4.22. The quantitative estimate of drug-likeness (QED) is 0.356. The van der Waals surface area contributed by atoms with E-state index in [9.17, 15) is 4.79 Å². The summed E-state index contributed by atoms with van der Waals surface area (Å²) in [5.41, 5.74) is 0.912. The third kappa shape index (κ3) is 2.89. The van der Waals surface area contributed by atoms with Gasteiger partial charge in [-0.25, -0.2) is 19.7 Å². The fraction of sp³-hybridized carbons (Fsp3) is 0.231. The molecular formula is C13H10IN3O5. The molecule has 22 heavy (non-hydrogen) atoms. The number of rotatable bonds is 5. The first kappa shape index (κ1) is 14.8. The molecular weight excluding hydrogens is 405 g/mol. The van der Waals surface area contributed by atoms with Crippen molar-refractivity contribution < 1.29 is 22.8 Å². The highest BCUT2D eigenvalue weighted by molar-refractivity contribution is 14.1. The fourth-order valence-electron chi connectivity index (χ4n) is 1.65. The molecule has 0 fully saturated rings. The van der Waals surface area contributed by atoms with Crippen LogP contribution in [0.5, 0.6) is 0 Å². The molecule has 0 N–H and O–H groups in total. The topological polar surface area (TPSA) is 104 Å². The molecule has 0 aliphatic carbocycles. The van der Waals surface area contributed by atoms with Crippen molar-refractivity contribution in [3.05, 3.63) is 30.4 Å². The highest BCUT2D eigenvalue weighted by Gasteiger charge is 2.18. The van der Waals surface area contributed by atoms with E-state index in [0.717, 1.165) is 0 Å². The van der Waals surface area contributed by atoms with Gasteiger partial charge in [-0.15, -0.1) is 0 Å². The molecule has 0 aliphatic rings. The molecule has 0 radical (unpaired) electrons. The first-order valence-corrected chi connectivity index (χ1v) is 7.83. The summed E-state index contributed by atoms with van der Waals surface area (Å²) < 4.78 is 21.3. The van der Waals surface area contributed by atoms with Gasteiger partial charge in [-0.1, -0.05) is 22.6 Å². The van der Waals surface area contributed by atoms with Gasteiger partial charge in [-0.05, 0) is 6.92 Å². The van der Waals surface area contributed by atoms with Crippen LogP contribution in [0, 0.1) is 0 Å². The van der Waals surface area contributed by atoms with Gasteiger partial charge in [0.2, 0.25) is 17.7 Å². The molecule has 0 amide bonds. The van der Waals surface area contributed by atoms with E-state index >= 15 is 0 Å². The molecule has 0 bridgehead atoms. The van der Waals surface area contributed by atoms with Crippen LogP contribution in [0.4, 0.5) is 0 Å². The van der Waals surface area contributed by atoms with Gasteiger partial charge in [0.05, 0.1) is 11.0 Å². The third-order valence-corrected chi connectivity index (χ3v) is 3.25. The molecule has 0 atom stereocenters. The Morgan fingerprint density at radius 1 is 1.09 bits per heavy atom. The van der Waals surface area contributed by atoms with Crippen molar-refractivity contribution in [2.45, 2.75) is 11.4 Å². The second-order valence-electron chi connectivity index (χ2n) is 4.06. The standard InChI is InChI=1S/C13H10IN3O5/c1-2-19-13(18)9-6-22-12(17-9)8-5-21-11(16-8)7-4-20-10(3-14)15-7/h4-6H,2-3H2,1H3. The average Bonchev–Trinajstić information content (AvgIpc) is 3.25. The summed E-state index contributed by atoms with van der Waals surface area (Å²) in [6, 6.07) is 0. The molecule has 3 heterocycles. The predicted octanol–water partition coefficient (Wildman–Crippen LogP) is 3.10. The highest BCUT2D eigenvalue weighted by Crippen LogP contribution is 2.24. The fourth-order valence-corrected chi connectivity index (χ4v) is 2.00. The second-order valence-corrected chi connectivity index (χ2v) is 4.82. The van der Waals surface area contributed by atoms with Gasteiger partial charge in [0, 0.05) is 0 Å². The van der Waals surface area contributed by atoms with Gasteiger partial charge in [-0.2, -0.15) is 0 Å². The number of ether oxygens (including phenoxy) is 1. The first-order valence-electron chi connectivity index (χ1n) is 6.30. The summed E-state index contributed by atoms with van der Waals surface area (Å²) in [5, 5.41) is 0. The molecule has 0 saturated heterocycles. The Hall–Kier alpha value is -2.17. The minimum Gasteiger partial charge on any atom is -0.461 e. The summed E-state index contributed by atoms with van der Waals surface area (Å²) in [4.78, 5) is 24.0. The van der Waals surface area contributed by atoms with Gasteiger partial charge >= 0.3 is 5.97 Å².